The van der Waals surface area contributed by atoms with Crippen LogP contribution in [0, 0.1) is 6.92 Å². The predicted molar refractivity (Wildman–Crippen MR) is 77.9 cm³/mol. The summed E-state index contributed by atoms with van der Waals surface area (Å²) in [4.78, 5) is 17.2. The molecule has 0 fully saturated rings. The largest absolute Gasteiger partial charge is 0.364 e. The van der Waals surface area contributed by atoms with Gasteiger partial charge in [0.05, 0.1) is 12.2 Å². The van der Waals surface area contributed by atoms with Crippen LogP contribution in [0.25, 0.3) is 0 Å². The lowest BCUT2D eigenvalue weighted by atomic mass is 10.2. The van der Waals surface area contributed by atoms with Gasteiger partial charge >= 0.3 is 0 Å². The molecule has 0 aliphatic rings. The summed E-state index contributed by atoms with van der Waals surface area (Å²) in [5.74, 6) is 2.67. The van der Waals surface area contributed by atoms with Crippen molar-refractivity contribution in [1.82, 2.24) is 19.9 Å². The Balaban J connectivity index is 2.11. The number of aromatic nitrogens is 4. The first-order valence-electron chi connectivity index (χ1n) is 6.11. The Hall–Kier alpha value is -1.56. The van der Waals surface area contributed by atoms with Crippen molar-refractivity contribution in [2.24, 2.45) is 0 Å². The van der Waals surface area contributed by atoms with Gasteiger partial charge in [0.25, 0.3) is 0 Å². The maximum Gasteiger partial charge on any atom is 0.134 e. The zero-order valence-corrected chi connectivity index (χ0v) is 12.8. The van der Waals surface area contributed by atoms with E-state index in [1.807, 2.05) is 19.1 Å². The molecule has 0 aliphatic heterocycles. The van der Waals surface area contributed by atoms with Crippen molar-refractivity contribution in [3.05, 3.63) is 40.3 Å². The van der Waals surface area contributed by atoms with Crippen molar-refractivity contribution in [2.75, 3.05) is 5.32 Å². The van der Waals surface area contributed by atoms with Gasteiger partial charge in [-0.05, 0) is 28.9 Å². The summed E-state index contributed by atoms with van der Waals surface area (Å²) in [7, 11) is 0. The molecule has 2 aromatic heterocycles. The number of nitrogens with one attached hydrogen (secondary N) is 1. The molecule has 0 aliphatic carbocycles. The maximum atomic E-state index is 4.47. The minimum atomic E-state index is 0.291. The molecule has 0 atom stereocenters. The summed E-state index contributed by atoms with van der Waals surface area (Å²) in [6.07, 6.45) is 1.76. The Bertz CT molecular complexity index is 571. The van der Waals surface area contributed by atoms with Gasteiger partial charge in [-0.25, -0.2) is 19.9 Å². The van der Waals surface area contributed by atoms with Crippen molar-refractivity contribution >= 4 is 21.7 Å². The van der Waals surface area contributed by atoms with Gasteiger partial charge in [-0.2, -0.15) is 0 Å². The minimum Gasteiger partial charge on any atom is -0.364 e. The van der Waals surface area contributed by atoms with Crippen LogP contribution in [0.3, 0.4) is 0 Å². The lowest BCUT2D eigenvalue weighted by Crippen LogP contribution is -2.07. The van der Waals surface area contributed by atoms with Crippen molar-refractivity contribution in [3.63, 3.8) is 0 Å². The monoisotopic (exact) mass is 321 g/mol. The molecule has 0 amide bonds. The number of hydrogen-bond donors (Lipinski definition) is 1. The van der Waals surface area contributed by atoms with Crippen LogP contribution in [0.1, 0.15) is 37.1 Å². The Morgan fingerprint density at radius 3 is 2.74 bits per heavy atom. The van der Waals surface area contributed by atoms with Crippen LogP contribution < -0.4 is 5.32 Å². The zero-order valence-electron chi connectivity index (χ0n) is 11.2. The second kappa shape index (κ2) is 6.06. The van der Waals surface area contributed by atoms with E-state index in [4.69, 9.17) is 0 Å². The molecule has 0 bridgehead atoms. The third kappa shape index (κ3) is 3.96. The standard InChI is InChI=1S/C13H16BrN5/c1-8(2)13-18-11(14)6-12(19-13)16-7-10-4-5-15-9(3)17-10/h4-6,8H,7H2,1-3H3,(H,16,18,19). The molecule has 1 N–H and O–H groups in total. The second-order valence-electron chi connectivity index (χ2n) is 4.54. The van der Waals surface area contributed by atoms with Crippen LogP contribution >= 0.6 is 15.9 Å². The Labute approximate surface area is 121 Å². The normalized spacial score (nSPS) is 10.8. The highest BCUT2D eigenvalue weighted by atomic mass is 79.9. The summed E-state index contributed by atoms with van der Waals surface area (Å²) in [5.41, 5.74) is 0.938. The molecule has 0 aromatic carbocycles. The lowest BCUT2D eigenvalue weighted by molar-refractivity contribution is 0.769. The SMILES string of the molecule is Cc1nccc(CNc2cc(Br)nc(C(C)C)n2)n1. The van der Waals surface area contributed by atoms with Crippen LogP contribution in [-0.2, 0) is 6.54 Å². The minimum absolute atomic E-state index is 0.291. The molecule has 0 spiro atoms. The van der Waals surface area contributed by atoms with E-state index in [1.54, 1.807) is 6.20 Å². The highest BCUT2D eigenvalue weighted by molar-refractivity contribution is 9.10. The molecule has 2 rings (SSSR count). The van der Waals surface area contributed by atoms with Crippen LogP contribution in [0.5, 0.6) is 0 Å². The highest BCUT2D eigenvalue weighted by Crippen LogP contribution is 2.17. The van der Waals surface area contributed by atoms with E-state index < -0.39 is 0 Å². The lowest BCUT2D eigenvalue weighted by Gasteiger charge is -2.09. The van der Waals surface area contributed by atoms with Gasteiger partial charge in [0.2, 0.25) is 0 Å². The molecular formula is C13H16BrN5. The van der Waals surface area contributed by atoms with Crippen molar-refractivity contribution in [3.8, 4) is 0 Å². The van der Waals surface area contributed by atoms with Gasteiger partial charge in [0.1, 0.15) is 22.1 Å². The average Bonchev–Trinajstić information content (AvgIpc) is 2.36. The number of halogens is 1. The topological polar surface area (TPSA) is 63.6 Å². The van der Waals surface area contributed by atoms with Gasteiger partial charge in [-0.1, -0.05) is 13.8 Å². The van der Waals surface area contributed by atoms with Crippen LogP contribution in [0.15, 0.2) is 22.9 Å². The van der Waals surface area contributed by atoms with Crippen molar-refractivity contribution in [2.45, 2.75) is 33.2 Å². The van der Waals surface area contributed by atoms with E-state index in [0.29, 0.717) is 12.5 Å². The molecule has 2 aromatic rings. The third-order valence-corrected chi connectivity index (χ3v) is 2.92. The molecule has 2 heterocycles. The highest BCUT2D eigenvalue weighted by Gasteiger charge is 2.07. The van der Waals surface area contributed by atoms with E-state index in [1.165, 1.54) is 0 Å². The first-order chi connectivity index (χ1) is 9.04. The predicted octanol–water partition coefficient (Wildman–Crippen LogP) is 3.07. The van der Waals surface area contributed by atoms with E-state index in [9.17, 15) is 0 Å². The molecule has 0 radical (unpaired) electrons. The first kappa shape index (κ1) is 13.9. The van der Waals surface area contributed by atoms with E-state index in [2.05, 4.69) is 55.0 Å². The quantitative estimate of drug-likeness (QED) is 0.877. The van der Waals surface area contributed by atoms with Gasteiger partial charge < -0.3 is 5.32 Å². The summed E-state index contributed by atoms with van der Waals surface area (Å²) in [6.45, 7) is 6.63. The number of aryl methyl sites for hydroxylation is 1. The van der Waals surface area contributed by atoms with Crippen molar-refractivity contribution in [1.29, 1.82) is 0 Å². The van der Waals surface area contributed by atoms with Crippen LogP contribution in [-0.4, -0.2) is 19.9 Å². The van der Waals surface area contributed by atoms with Crippen LogP contribution in [0.2, 0.25) is 0 Å². The molecule has 100 valence electrons. The smallest absolute Gasteiger partial charge is 0.134 e. The Kier molecular flexibility index (Phi) is 4.42. The fourth-order valence-electron chi connectivity index (χ4n) is 1.57. The van der Waals surface area contributed by atoms with Crippen LogP contribution in [0.4, 0.5) is 5.82 Å². The molecule has 5 nitrogen and oxygen atoms in total. The van der Waals surface area contributed by atoms with Gasteiger partial charge in [0, 0.05) is 18.2 Å². The number of hydrogen-bond acceptors (Lipinski definition) is 5. The Morgan fingerprint density at radius 2 is 2.05 bits per heavy atom. The second-order valence-corrected chi connectivity index (χ2v) is 5.35. The summed E-state index contributed by atoms with van der Waals surface area (Å²) >= 11 is 3.40. The van der Waals surface area contributed by atoms with Crippen molar-refractivity contribution < 1.29 is 0 Å². The number of rotatable bonds is 4. The third-order valence-electron chi connectivity index (χ3n) is 2.51. The first-order valence-corrected chi connectivity index (χ1v) is 6.91. The maximum absolute atomic E-state index is 4.47. The fourth-order valence-corrected chi connectivity index (χ4v) is 1.97. The summed E-state index contributed by atoms with van der Waals surface area (Å²) < 4.78 is 0.785. The zero-order chi connectivity index (χ0) is 13.8. The van der Waals surface area contributed by atoms with E-state index in [-0.39, 0.29) is 0 Å². The fraction of sp³-hybridized carbons (Fsp3) is 0.385. The summed E-state index contributed by atoms with van der Waals surface area (Å²) in [6, 6.07) is 3.75. The molecule has 6 heteroatoms. The molecular weight excluding hydrogens is 306 g/mol. The summed E-state index contributed by atoms with van der Waals surface area (Å²) in [5, 5.41) is 3.25. The van der Waals surface area contributed by atoms with E-state index >= 15 is 0 Å². The molecule has 0 saturated carbocycles. The van der Waals surface area contributed by atoms with E-state index in [0.717, 1.165) is 27.8 Å². The number of nitrogens with zero attached hydrogens (tertiary/aromatic N) is 4. The molecule has 0 unspecified atom stereocenters. The molecule has 0 saturated heterocycles. The average molecular weight is 322 g/mol. The number of anilines is 1. The van der Waals surface area contributed by atoms with Gasteiger partial charge in [-0.15, -0.1) is 0 Å². The Morgan fingerprint density at radius 1 is 1.26 bits per heavy atom. The van der Waals surface area contributed by atoms with Gasteiger partial charge in [-0.3, -0.25) is 0 Å². The van der Waals surface area contributed by atoms with Gasteiger partial charge in [0.15, 0.2) is 0 Å². The molecule has 19 heavy (non-hydrogen) atoms.